The first-order chi connectivity index (χ1) is 10.1. The van der Waals surface area contributed by atoms with Crippen LogP contribution in [0.25, 0.3) is 0 Å². The van der Waals surface area contributed by atoms with Crippen molar-refractivity contribution in [2.75, 3.05) is 0 Å². The third kappa shape index (κ3) is 2.46. The molecule has 1 aromatic carbocycles. The maximum atomic E-state index is 12.2. The molecule has 0 saturated carbocycles. The zero-order valence-corrected chi connectivity index (χ0v) is 11.6. The second-order valence-electron chi connectivity index (χ2n) is 5.57. The topological polar surface area (TPSA) is 75.3 Å². The molecule has 0 aromatic heterocycles. The number of carbonyl (C=O) groups is 3. The zero-order valence-electron chi connectivity index (χ0n) is 11.6. The van der Waals surface area contributed by atoms with Gasteiger partial charge in [0.2, 0.25) is 11.8 Å². The Labute approximate surface area is 122 Å². The third-order valence-corrected chi connectivity index (χ3v) is 4.05. The van der Waals surface area contributed by atoms with Crippen molar-refractivity contribution in [3.8, 4) is 0 Å². The second-order valence-corrected chi connectivity index (χ2v) is 5.57. The summed E-state index contributed by atoms with van der Waals surface area (Å²) in [5, 5.41) is 5.22. The quantitative estimate of drug-likeness (QED) is 0.629. The number of benzene rings is 1. The molecule has 2 N–H and O–H groups in total. The first-order valence-electron chi connectivity index (χ1n) is 6.94. The predicted octanol–water partition coefficient (Wildman–Crippen LogP) is 1.02. The van der Waals surface area contributed by atoms with E-state index in [2.05, 4.69) is 10.6 Å². The molecule has 1 fully saturated rings. The largest absolute Gasteiger partial charge is 0.345 e. The maximum absolute atomic E-state index is 12.2. The van der Waals surface area contributed by atoms with Gasteiger partial charge < -0.3 is 5.32 Å². The summed E-state index contributed by atoms with van der Waals surface area (Å²) in [6.07, 6.45) is 2.44. The number of imide groups is 1. The van der Waals surface area contributed by atoms with E-state index in [1.165, 1.54) is 0 Å². The molecule has 3 unspecified atom stereocenters. The molecule has 1 aliphatic carbocycles. The number of hydrogen-bond acceptors (Lipinski definition) is 3. The Morgan fingerprint density at radius 2 is 1.90 bits per heavy atom. The van der Waals surface area contributed by atoms with Gasteiger partial charge in [-0.1, -0.05) is 29.8 Å². The van der Waals surface area contributed by atoms with Crippen LogP contribution >= 0.6 is 0 Å². The van der Waals surface area contributed by atoms with Crippen molar-refractivity contribution in [3.05, 3.63) is 47.5 Å². The fraction of sp³-hybridized carbons (Fsp3) is 0.312. The zero-order chi connectivity index (χ0) is 15.0. The van der Waals surface area contributed by atoms with Gasteiger partial charge in [-0.25, -0.2) is 0 Å². The van der Waals surface area contributed by atoms with Crippen molar-refractivity contribution in [2.24, 2.45) is 11.8 Å². The SMILES string of the molecule is CC1=CC(NC(=O)c2ccccc2)C2C(=O)NC(=O)C2C1. The van der Waals surface area contributed by atoms with Crippen LogP contribution in [0.3, 0.4) is 0 Å². The summed E-state index contributed by atoms with van der Waals surface area (Å²) in [5.74, 6) is -1.65. The molecule has 3 atom stereocenters. The molecular formula is C16H16N2O3. The van der Waals surface area contributed by atoms with E-state index in [1.807, 2.05) is 19.1 Å². The van der Waals surface area contributed by atoms with Crippen LogP contribution in [0.4, 0.5) is 0 Å². The van der Waals surface area contributed by atoms with Crippen LogP contribution in [0.1, 0.15) is 23.7 Å². The second kappa shape index (κ2) is 5.16. The fourth-order valence-electron chi connectivity index (χ4n) is 3.06. The van der Waals surface area contributed by atoms with Gasteiger partial charge in [-0.15, -0.1) is 0 Å². The van der Waals surface area contributed by atoms with Crippen LogP contribution in [-0.2, 0) is 9.59 Å². The van der Waals surface area contributed by atoms with E-state index in [0.717, 1.165) is 5.57 Å². The number of rotatable bonds is 2. The monoisotopic (exact) mass is 284 g/mol. The number of hydrogen-bond donors (Lipinski definition) is 2. The number of nitrogens with one attached hydrogen (secondary N) is 2. The van der Waals surface area contributed by atoms with Gasteiger partial charge in [0, 0.05) is 5.56 Å². The molecule has 0 bridgehead atoms. The molecule has 21 heavy (non-hydrogen) atoms. The van der Waals surface area contributed by atoms with Crippen molar-refractivity contribution in [2.45, 2.75) is 19.4 Å². The Morgan fingerprint density at radius 1 is 1.19 bits per heavy atom. The summed E-state index contributed by atoms with van der Waals surface area (Å²) in [6, 6.07) is 8.39. The van der Waals surface area contributed by atoms with Crippen molar-refractivity contribution in [1.29, 1.82) is 0 Å². The van der Waals surface area contributed by atoms with Gasteiger partial charge in [0.25, 0.3) is 5.91 Å². The normalized spacial score (nSPS) is 27.7. The van der Waals surface area contributed by atoms with Crippen LogP contribution in [0, 0.1) is 11.8 Å². The Balaban J connectivity index is 1.83. The first-order valence-corrected chi connectivity index (χ1v) is 6.94. The molecule has 5 nitrogen and oxygen atoms in total. The van der Waals surface area contributed by atoms with Gasteiger partial charge in [0.15, 0.2) is 0 Å². The average molecular weight is 284 g/mol. The van der Waals surface area contributed by atoms with Gasteiger partial charge in [-0.05, 0) is 25.5 Å². The van der Waals surface area contributed by atoms with Crippen LogP contribution in [0.2, 0.25) is 0 Å². The Hall–Kier alpha value is -2.43. The summed E-state index contributed by atoms with van der Waals surface area (Å²) in [7, 11) is 0. The summed E-state index contributed by atoms with van der Waals surface area (Å²) in [5.41, 5.74) is 1.55. The third-order valence-electron chi connectivity index (χ3n) is 4.05. The molecule has 3 amide bonds. The molecule has 0 radical (unpaired) electrons. The smallest absolute Gasteiger partial charge is 0.251 e. The van der Waals surface area contributed by atoms with Crippen molar-refractivity contribution in [3.63, 3.8) is 0 Å². The number of fused-ring (bicyclic) bond motifs is 1. The summed E-state index contributed by atoms with van der Waals surface area (Å²) >= 11 is 0. The lowest BCUT2D eigenvalue weighted by molar-refractivity contribution is -0.126. The maximum Gasteiger partial charge on any atom is 0.251 e. The summed E-state index contributed by atoms with van der Waals surface area (Å²) in [4.78, 5) is 36.0. The highest BCUT2D eigenvalue weighted by Gasteiger charge is 2.47. The fourth-order valence-corrected chi connectivity index (χ4v) is 3.06. The van der Waals surface area contributed by atoms with E-state index in [4.69, 9.17) is 0 Å². The summed E-state index contributed by atoms with van der Waals surface area (Å²) in [6.45, 7) is 1.91. The molecule has 2 aliphatic rings. The molecule has 1 heterocycles. The first kappa shape index (κ1) is 13.5. The van der Waals surface area contributed by atoms with Gasteiger partial charge in [-0.2, -0.15) is 0 Å². The van der Waals surface area contributed by atoms with Gasteiger partial charge in [0.05, 0.1) is 17.9 Å². The minimum absolute atomic E-state index is 0.238. The van der Waals surface area contributed by atoms with Gasteiger partial charge >= 0.3 is 0 Å². The van der Waals surface area contributed by atoms with E-state index in [9.17, 15) is 14.4 Å². The Kier molecular flexibility index (Phi) is 3.33. The molecule has 1 aliphatic heterocycles. The van der Waals surface area contributed by atoms with E-state index in [-0.39, 0.29) is 23.6 Å². The van der Waals surface area contributed by atoms with E-state index < -0.39 is 12.0 Å². The van der Waals surface area contributed by atoms with E-state index in [0.29, 0.717) is 12.0 Å². The van der Waals surface area contributed by atoms with Crippen LogP contribution in [-0.4, -0.2) is 23.8 Å². The molecule has 3 rings (SSSR count). The van der Waals surface area contributed by atoms with Crippen LogP contribution < -0.4 is 10.6 Å². The van der Waals surface area contributed by atoms with Gasteiger partial charge in [0.1, 0.15) is 0 Å². The van der Waals surface area contributed by atoms with Crippen molar-refractivity contribution < 1.29 is 14.4 Å². The lowest BCUT2D eigenvalue weighted by atomic mass is 9.78. The van der Waals surface area contributed by atoms with Crippen LogP contribution in [0.5, 0.6) is 0 Å². The highest BCUT2D eigenvalue weighted by Crippen LogP contribution is 2.34. The lowest BCUT2D eigenvalue weighted by Gasteiger charge is -2.29. The Morgan fingerprint density at radius 3 is 2.62 bits per heavy atom. The standard InChI is InChI=1S/C16H16N2O3/c1-9-7-11-13(16(21)18-15(11)20)12(8-9)17-14(19)10-5-3-2-4-6-10/h2-6,8,11-13H,7H2,1H3,(H,17,19)(H,18,20,21). The molecule has 1 saturated heterocycles. The summed E-state index contributed by atoms with van der Waals surface area (Å²) < 4.78 is 0. The minimum atomic E-state index is -0.506. The number of allylic oxidation sites excluding steroid dienone is 1. The van der Waals surface area contributed by atoms with Crippen molar-refractivity contribution >= 4 is 17.7 Å². The predicted molar refractivity (Wildman–Crippen MR) is 76.2 cm³/mol. The minimum Gasteiger partial charge on any atom is -0.345 e. The van der Waals surface area contributed by atoms with E-state index >= 15 is 0 Å². The highest BCUT2D eigenvalue weighted by molar-refractivity contribution is 6.06. The van der Waals surface area contributed by atoms with Crippen LogP contribution in [0.15, 0.2) is 42.0 Å². The molecule has 108 valence electrons. The average Bonchev–Trinajstić information content (AvgIpc) is 2.74. The lowest BCUT2D eigenvalue weighted by Crippen LogP contribution is -2.45. The van der Waals surface area contributed by atoms with E-state index in [1.54, 1.807) is 24.3 Å². The number of amides is 3. The van der Waals surface area contributed by atoms with Gasteiger partial charge in [-0.3, -0.25) is 19.7 Å². The number of carbonyl (C=O) groups excluding carboxylic acids is 3. The molecule has 5 heteroatoms. The molecule has 1 aromatic rings. The molecular weight excluding hydrogens is 268 g/mol. The molecule has 0 spiro atoms. The Bertz CT molecular complexity index is 636. The highest BCUT2D eigenvalue weighted by atomic mass is 16.2. The van der Waals surface area contributed by atoms with Crippen molar-refractivity contribution in [1.82, 2.24) is 10.6 Å².